The van der Waals surface area contributed by atoms with E-state index < -0.39 is 10.4 Å². The van der Waals surface area contributed by atoms with Crippen LogP contribution >= 0.6 is 0 Å². The molecule has 6 heteroatoms. The van der Waals surface area contributed by atoms with E-state index in [1.54, 1.807) is 0 Å². The Balaban J connectivity index is 0. The molecule has 2 atom stereocenters. The van der Waals surface area contributed by atoms with Gasteiger partial charge in [0.25, 0.3) is 0 Å². The van der Waals surface area contributed by atoms with Gasteiger partial charge in [-0.15, -0.1) is 0 Å². The molecule has 0 saturated carbocycles. The molecule has 0 rings (SSSR count). The highest BCUT2D eigenvalue weighted by molar-refractivity contribution is 7.79. The normalized spacial score (nSPS) is 14.1. The van der Waals surface area contributed by atoms with Crippen LogP contribution in [0.3, 0.4) is 0 Å². The second-order valence-electron chi connectivity index (χ2n) is 6.33. The first kappa shape index (κ1) is 24.1. The van der Waals surface area contributed by atoms with Gasteiger partial charge in [-0.2, -0.15) is 8.42 Å². The van der Waals surface area contributed by atoms with Crippen molar-refractivity contribution < 1.29 is 22.6 Å². The zero-order valence-corrected chi connectivity index (χ0v) is 15.3. The van der Waals surface area contributed by atoms with Crippen molar-refractivity contribution in [3.63, 3.8) is 0 Å². The van der Waals surface area contributed by atoms with Crippen LogP contribution in [0.2, 0.25) is 0 Å². The maximum atomic E-state index is 8.96. The number of unbranched alkanes of at least 4 members (excludes halogenated alkanes) is 6. The molecule has 0 amide bonds. The molecule has 0 fully saturated rings. The predicted octanol–water partition coefficient (Wildman–Crippen LogP) is 4.52. The van der Waals surface area contributed by atoms with E-state index >= 15 is 0 Å². The second kappa shape index (κ2) is 15.7. The maximum Gasteiger partial charge on any atom is 0.394 e. The average Bonchev–Trinajstić information content (AvgIpc) is 2.42. The smallest absolute Gasteiger partial charge is 0.394 e. The van der Waals surface area contributed by atoms with Gasteiger partial charge in [0, 0.05) is 6.61 Å². The average molecular weight is 341 g/mol. The van der Waals surface area contributed by atoms with Gasteiger partial charge in [-0.25, -0.2) is 0 Å². The summed E-state index contributed by atoms with van der Waals surface area (Å²) in [7, 11) is -4.67. The predicted molar refractivity (Wildman–Crippen MR) is 91.4 cm³/mol. The minimum absolute atomic E-state index is 0.351. The van der Waals surface area contributed by atoms with Crippen LogP contribution in [-0.4, -0.2) is 29.2 Å². The Morgan fingerprint density at radius 3 is 1.64 bits per heavy atom. The van der Waals surface area contributed by atoms with Crippen LogP contribution in [0.1, 0.15) is 85.0 Å². The Hall–Kier alpha value is -0.170. The molecule has 0 aliphatic heterocycles. The van der Waals surface area contributed by atoms with Crippen LogP contribution in [0, 0.1) is 11.8 Å². The summed E-state index contributed by atoms with van der Waals surface area (Å²) >= 11 is 0. The maximum absolute atomic E-state index is 8.96. The Morgan fingerprint density at radius 1 is 0.773 bits per heavy atom. The molecule has 0 bridgehead atoms. The van der Waals surface area contributed by atoms with E-state index in [0.717, 1.165) is 5.92 Å². The number of aliphatic hydroxyl groups is 1. The summed E-state index contributed by atoms with van der Waals surface area (Å²) in [5, 5.41) is 8.96. The molecule has 0 aromatic carbocycles. The fourth-order valence-corrected chi connectivity index (χ4v) is 2.25. The van der Waals surface area contributed by atoms with Gasteiger partial charge in [-0.3, -0.25) is 9.11 Å². The van der Waals surface area contributed by atoms with Crippen molar-refractivity contribution in [2.45, 2.75) is 85.0 Å². The Labute approximate surface area is 137 Å². The SMILES string of the molecule is CCCCCCCCCC(C)CCC(C)CO.O=S(=O)(O)O. The molecular weight excluding hydrogens is 304 g/mol. The fraction of sp³-hybridized carbons (Fsp3) is 1.00. The number of rotatable bonds is 12. The third-order valence-corrected chi connectivity index (χ3v) is 3.76. The summed E-state index contributed by atoms with van der Waals surface area (Å²) in [6.07, 6.45) is 13.7. The van der Waals surface area contributed by atoms with Crippen LogP contribution in [0.5, 0.6) is 0 Å². The van der Waals surface area contributed by atoms with E-state index in [0.29, 0.717) is 12.5 Å². The molecular formula is C16H36O5S. The lowest BCUT2D eigenvalue weighted by Crippen LogP contribution is -2.04. The third kappa shape index (κ3) is 28.1. The van der Waals surface area contributed by atoms with Gasteiger partial charge < -0.3 is 5.11 Å². The number of hydrogen-bond acceptors (Lipinski definition) is 3. The lowest BCUT2D eigenvalue weighted by molar-refractivity contribution is 0.221. The lowest BCUT2D eigenvalue weighted by atomic mass is 9.94. The van der Waals surface area contributed by atoms with E-state index in [9.17, 15) is 0 Å². The van der Waals surface area contributed by atoms with Crippen LogP contribution in [0.25, 0.3) is 0 Å². The van der Waals surface area contributed by atoms with Gasteiger partial charge in [0.1, 0.15) is 0 Å². The Kier molecular flexibility index (Phi) is 17.2. The molecule has 0 aliphatic carbocycles. The van der Waals surface area contributed by atoms with Gasteiger partial charge in [-0.05, 0) is 18.3 Å². The van der Waals surface area contributed by atoms with E-state index in [-0.39, 0.29) is 0 Å². The molecule has 0 aromatic heterocycles. The summed E-state index contributed by atoms with van der Waals surface area (Å²) in [5.41, 5.74) is 0. The summed E-state index contributed by atoms with van der Waals surface area (Å²) < 4.78 is 31.6. The zero-order valence-electron chi connectivity index (χ0n) is 14.5. The Bertz CT molecular complexity index is 308. The monoisotopic (exact) mass is 340 g/mol. The molecule has 0 saturated heterocycles. The van der Waals surface area contributed by atoms with Gasteiger partial charge >= 0.3 is 10.4 Å². The largest absolute Gasteiger partial charge is 0.396 e. The molecule has 0 radical (unpaired) electrons. The Morgan fingerprint density at radius 2 is 1.18 bits per heavy atom. The highest BCUT2D eigenvalue weighted by atomic mass is 32.3. The highest BCUT2D eigenvalue weighted by Gasteiger charge is 2.05. The van der Waals surface area contributed by atoms with Crippen LogP contribution < -0.4 is 0 Å². The first-order valence-electron chi connectivity index (χ1n) is 8.51. The molecule has 0 aliphatic rings. The van der Waals surface area contributed by atoms with Crippen molar-refractivity contribution in [2.24, 2.45) is 11.8 Å². The topological polar surface area (TPSA) is 94.8 Å². The summed E-state index contributed by atoms with van der Waals surface area (Å²) in [6, 6.07) is 0. The number of hydrogen-bond donors (Lipinski definition) is 3. The minimum atomic E-state index is -4.67. The lowest BCUT2D eigenvalue weighted by Gasteiger charge is -2.13. The molecule has 0 spiro atoms. The van der Waals surface area contributed by atoms with E-state index in [1.165, 1.54) is 64.2 Å². The first-order valence-corrected chi connectivity index (χ1v) is 9.91. The molecule has 0 aromatic rings. The molecule has 2 unspecified atom stereocenters. The fourth-order valence-electron chi connectivity index (χ4n) is 2.25. The van der Waals surface area contributed by atoms with Gasteiger partial charge in [0.05, 0.1) is 0 Å². The van der Waals surface area contributed by atoms with Gasteiger partial charge in [-0.1, -0.05) is 78.6 Å². The van der Waals surface area contributed by atoms with Crippen molar-refractivity contribution in [1.29, 1.82) is 0 Å². The van der Waals surface area contributed by atoms with E-state index in [1.807, 2.05) is 0 Å². The third-order valence-electron chi connectivity index (χ3n) is 3.76. The quantitative estimate of drug-likeness (QED) is 0.359. The summed E-state index contributed by atoms with van der Waals surface area (Å²) in [5.74, 6) is 1.34. The van der Waals surface area contributed by atoms with Crippen molar-refractivity contribution in [3.8, 4) is 0 Å². The minimum Gasteiger partial charge on any atom is -0.396 e. The molecule has 22 heavy (non-hydrogen) atoms. The number of aliphatic hydroxyl groups excluding tert-OH is 1. The first-order chi connectivity index (χ1) is 10.2. The van der Waals surface area contributed by atoms with Crippen LogP contribution in [0.15, 0.2) is 0 Å². The van der Waals surface area contributed by atoms with Gasteiger partial charge in [0.2, 0.25) is 0 Å². The van der Waals surface area contributed by atoms with Crippen molar-refractivity contribution >= 4 is 10.4 Å². The van der Waals surface area contributed by atoms with Crippen LogP contribution in [-0.2, 0) is 10.4 Å². The highest BCUT2D eigenvalue weighted by Crippen LogP contribution is 2.18. The molecule has 136 valence electrons. The van der Waals surface area contributed by atoms with E-state index in [2.05, 4.69) is 20.8 Å². The van der Waals surface area contributed by atoms with E-state index in [4.69, 9.17) is 22.6 Å². The van der Waals surface area contributed by atoms with Crippen molar-refractivity contribution in [2.75, 3.05) is 6.61 Å². The molecule has 0 heterocycles. The van der Waals surface area contributed by atoms with Crippen LogP contribution in [0.4, 0.5) is 0 Å². The standard InChI is InChI=1S/C16H34O.H2O4S/c1-4-5-6-7-8-9-10-11-15(2)12-13-16(3)14-17;1-5(2,3)4/h15-17H,4-14H2,1-3H3;(H2,1,2,3,4). The second-order valence-corrected chi connectivity index (χ2v) is 7.22. The summed E-state index contributed by atoms with van der Waals surface area (Å²) in [4.78, 5) is 0. The summed E-state index contributed by atoms with van der Waals surface area (Å²) in [6.45, 7) is 7.13. The molecule has 3 N–H and O–H groups in total. The van der Waals surface area contributed by atoms with Crippen molar-refractivity contribution in [1.82, 2.24) is 0 Å². The zero-order chi connectivity index (χ0) is 17.4. The molecule has 5 nitrogen and oxygen atoms in total. The van der Waals surface area contributed by atoms with Gasteiger partial charge in [0.15, 0.2) is 0 Å². The van der Waals surface area contributed by atoms with Crippen molar-refractivity contribution in [3.05, 3.63) is 0 Å².